The average molecular weight is 419 g/mol. The van der Waals surface area contributed by atoms with Crippen LogP contribution in [0.5, 0.6) is 0 Å². The Bertz CT molecular complexity index is 805. The zero-order valence-electron chi connectivity index (χ0n) is 18.3. The summed E-state index contributed by atoms with van der Waals surface area (Å²) >= 11 is 0. The van der Waals surface area contributed by atoms with E-state index in [0.29, 0.717) is 17.7 Å². The van der Waals surface area contributed by atoms with Gasteiger partial charge in [0.15, 0.2) is 13.1 Å². The predicted molar refractivity (Wildman–Crippen MR) is 111 cm³/mol. The van der Waals surface area contributed by atoms with E-state index in [1.807, 2.05) is 51.1 Å². The van der Waals surface area contributed by atoms with Gasteiger partial charge in [0, 0.05) is 5.54 Å². The van der Waals surface area contributed by atoms with E-state index in [-0.39, 0.29) is 24.5 Å². The molecule has 1 saturated heterocycles. The molecule has 0 aliphatic carbocycles. The third-order valence-electron chi connectivity index (χ3n) is 4.69. The monoisotopic (exact) mass is 418 g/mol. The molecule has 1 aliphatic heterocycles. The number of rotatable bonds is 8. The van der Waals surface area contributed by atoms with Crippen molar-refractivity contribution >= 4 is 23.8 Å². The van der Waals surface area contributed by atoms with Crippen LogP contribution in [0.2, 0.25) is 0 Å². The Kier molecular flexibility index (Phi) is 7.20. The van der Waals surface area contributed by atoms with Gasteiger partial charge in [0.1, 0.15) is 5.54 Å². The van der Waals surface area contributed by atoms with E-state index in [1.54, 1.807) is 14.0 Å². The highest BCUT2D eigenvalue weighted by atomic mass is 16.2. The Morgan fingerprint density at radius 3 is 2.30 bits per heavy atom. The van der Waals surface area contributed by atoms with Crippen molar-refractivity contribution < 1.29 is 24.1 Å². The lowest BCUT2D eigenvalue weighted by atomic mass is 9.93. The number of carbonyl (C=O) groups excluding carboxylic acids is 4. The third-order valence-corrected chi connectivity index (χ3v) is 4.69. The first-order valence-corrected chi connectivity index (χ1v) is 10.0. The molecule has 30 heavy (non-hydrogen) atoms. The summed E-state index contributed by atoms with van der Waals surface area (Å²) in [5.41, 5.74) is 1.97. The number of urea groups is 1. The summed E-state index contributed by atoms with van der Waals surface area (Å²) in [4.78, 5) is 50.0. The second kappa shape index (κ2) is 9.25. The number of nitrogens with zero attached hydrogens (tertiary/aromatic N) is 1. The Morgan fingerprint density at radius 1 is 1.10 bits per heavy atom. The maximum Gasteiger partial charge on any atom is 0.344 e. The van der Waals surface area contributed by atoms with Crippen LogP contribution >= 0.6 is 0 Å². The molecule has 1 unspecified atom stereocenters. The molecule has 1 aromatic rings. The average Bonchev–Trinajstić information content (AvgIpc) is 2.82. The summed E-state index contributed by atoms with van der Waals surface area (Å²) in [6.07, 6.45) is 1.02. The fourth-order valence-corrected chi connectivity index (χ4v) is 3.23. The summed E-state index contributed by atoms with van der Waals surface area (Å²) in [6.45, 7) is 7.31. The van der Waals surface area contributed by atoms with E-state index in [9.17, 15) is 19.2 Å². The van der Waals surface area contributed by atoms with Gasteiger partial charge in [-0.05, 0) is 46.1 Å². The standard InChI is InChI=1S/C21H31N5O4/c1-20(2,3)22-16(27)13-25(5)14-17(28)24-26-18(29)21(4,23-19(26)30)12-11-15-9-7-6-8-10-15/h6-10H,11-14H2,1-5H3,(H,22,27)(H,23,30)(H,24,28)/p+1/t21-/m1/s1. The van der Waals surface area contributed by atoms with Crippen molar-refractivity contribution in [2.24, 2.45) is 0 Å². The van der Waals surface area contributed by atoms with E-state index in [2.05, 4.69) is 16.1 Å². The number of nitrogens with one attached hydrogen (secondary N) is 4. The van der Waals surface area contributed by atoms with Gasteiger partial charge in [-0.1, -0.05) is 30.3 Å². The van der Waals surface area contributed by atoms with Crippen molar-refractivity contribution in [2.75, 3.05) is 20.1 Å². The van der Waals surface area contributed by atoms with Crippen LogP contribution in [0.4, 0.5) is 4.79 Å². The molecule has 9 heteroatoms. The van der Waals surface area contributed by atoms with Crippen LogP contribution in [0.25, 0.3) is 0 Å². The highest BCUT2D eigenvalue weighted by Crippen LogP contribution is 2.22. The Hall–Kier alpha value is -2.94. The molecule has 2 atom stereocenters. The summed E-state index contributed by atoms with van der Waals surface area (Å²) < 4.78 is 0. The summed E-state index contributed by atoms with van der Waals surface area (Å²) in [6, 6.07) is 9.00. The van der Waals surface area contributed by atoms with Gasteiger partial charge in [0.2, 0.25) is 0 Å². The first-order chi connectivity index (χ1) is 13.9. The van der Waals surface area contributed by atoms with Crippen LogP contribution in [0.15, 0.2) is 30.3 Å². The maximum atomic E-state index is 12.8. The van der Waals surface area contributed by atoms with Crippen LogP contribution in [-0.4, -0.2) is 60.0 Å². The number of aryl methyl sites for hydroxylation is 1. The molecule has 4 N–H and O–H groups in total. The van der Waals surface area contributed by atoms with Gasteiger partial charge in [-0.25, -0.2) is 4.79 Å². The molecule has 0 saturated carbocycles. The second-order valence-electron chi connectivity index (χ2n) is 9.03. The van der Waals surface area contributed by atoms with E-state index in [1.165, 1.54) is 0 Å². The van der Waals surface area contributed by atoms with Gasteiger partial charge >= 0.3 is 6.03 Å². The first kappa shape index (κ1) is 23.3. The molecule has 164 valence electrons. The summed E-state index contributed by atoms with van der Waals surface area (Å²) in [5, 5.41) is 6.23. The smallest absolute Gasteiger partial charge is 0.344 e. The zero-order valence-corrected chi connectivity index (χ0v) is 18.3. The lowest BCUT2D eigenvalue weighted by Crippen LogP contribution is -3.11. The summed E-state index contributed by atoms with van der Waals surface area (Å²) in [5.74, 6) is -1.21. The Labute approximate surface area is 177 Å². The molecule has 2 rings (SSSR count). The Balaban J connectivity index is 1.88. The second-order valence-corrected chi connectivity index (χ2v) is 9.03. The number of quaternary nitrogens is 1. The van der Waals surface area contributed by atoms with Crippen molar-refractivity contribution in [2.45, 2.75) is 51.6 Å². The van der Waals surface area contributed by atoms with Crippen molar-refractivity contribution in [1.29, 1.82) is 0 Å². The van der Waals surface area contributed by atoms with E-state index < -0.39 is 23.4 Å². The van der Waals surface area contributed by atoms with Gasteiger partial charge < -0.3 is 15.5 Å². The highest BCUT2D eigenvalue weighted by Gasteiger charge is 2.48. The van der Waals surface area contributed by atoms with Crippen LogP contribution in [-0.2, 0) is 20.8 Å². The lowest BCUT2D eigenvalue weighted by molar-refractivity contribution is -0.862. The third kappa shape index (κ3) is 6.55. The molecular formula is C21H32N5O4+. The molecule has 1 aromatic carbocycles. The van der Waals surface area contributed by atoms with Crippen molar-refractivity contribution in [3.63, 3.8) is 0 Å². The SMILES string of the molecule is C[NH+](CC(=O)NN1C(=O)N[C@](C)(CCc2ccccc2)C1=O)CC(=O)NC(C)(C)C. The van der Waals surface area contributed by atoms with Crippen molar-refractivity contribution in [3.8, 4) is 0 Å². The number of hydrogen-bond donors (Lipinski definition) is 4. The molecule has 1 aliphatic rings. The molecule has 5 amide bonds. The maximum absolute atomic E-state index is 12.8. The van der Waals surface area contributed by atoms with E-state index in [4.69, 9.17) is 0 Å². The molecule has 1 fully saturated rings. The topological polar surface area (TPSA) is 112 Å². The number of carbonyl (C=O) groups is 4. The van der Waals surface area contributed by atoms with Crippen LogP contribution in [0, 0.1) is 0 Å². The molecule has 1 heterocycles. The number of likely N-dealkylation sites (N-methyl/N-ethyl adjacent to an activating group) is 1. The molecule has 0 spiro atoms. The van der Waals surface area contributed by atoms with Gasteiger partial charge in [-0.3, -0.25) is 19.8 Å². The number of benzene rings is 1. The first-order valence-electron chi connectivity index (χ1n) is 10.0. The van der Waals surface area contributed by atoms with Crippen molar-refractivity contribution in [1.82, 2.24) is 21.1 Å². The molecule has 9 nitrogen and oxygen atoms in total. The van der Waals surface area contributed by atoms with Gasteiger partial charge in [0.05, 0.1) is 7.05 Å². The highest BCUT2D eigenvalue weighted by molar-refractivity contribution is 6.07. The number of amides is 5. The van der Waals surface area contributed by atoms with Gasteiger partial charge in [-0.15, -0.1) is 0 Å². The normalized spacial score (nSPS) is 20.0. The number of imide groups is 1. The van der Waals surface area contributed by atoms with Crippen LogP contribution in [0.3, 0.4) is 0 Å². The van der Waals surface area contributed by atoms with Crippen LogP contribution < -0.4 is 21.0 Å². The minimum Gasteiger partial charge on any atom is -0.347 e. The molecular weight excluding hydrogens is 386 g/mol. The number of hydrogen-bond acceptors (Lipinski definition) is 4. The van der Waals surface area contributed by atoms with Crippen molar-refractivity contribution in [3.05, 3.63) is 35.9 Å². The fraction of sp³-hybridized carbons (Fsp3) is 0.524. The molecule has 0 radical (unpaired) electrons. The zero-order chi connectivity index (χ0) is 22.5. The van der Waals surface area contributed by atoms with Gasteiger partial charge in [0.25, 0.3) is 17.7 Å². The summed E-state index contributed by atoms with van der Waals surface area (Å²) in [7, 11) is 1.69. The lowest BCUT2D eigenvalue weighted by Gasteiger charge is -2.23. The number of hydrazine groups is 1. The van der Waals surface area contributed by atoms with Gasteiger partial charge in [-0.2, -0.15) is 5.01 Å². The van der Waals surface area contributed by atoms with E-state index >= 15 is 0 Å². The fourth-order valence-electron chi connectivity index (χ4n) is 3.23. The molecule has 0 aromatic heterocycles. The quantitative estimate of drug-likeness (QED) is 0.422. The van der Waals surface area contributed by atoms with Crippen LogP contribution in [0.1, 0.15) is 39.7 Å². The Morgan fingerprint density at radius 2 is 1.70 bits per heavy atom. The molecule has 0 bridgehead atoms. The predicted octanol–water partition coefficient (Wildman–Crippen LogP) is -0.610. The minimum atomic E-state index is -1.09. The minimum absolute atomic E-state index is 0.0602. The van der Waals surface area contributed by atoms with E-state index in [0.717, 1.165) is 10.6 Å². The largest absolute Gasteiger partial charge is 0.347 e.